The number of rotatable bonds is 5. The molecule has 0 N–H and O–H groups in total. The first kappa shape index (κ1) is 15.5. The third-order valence-electron chi connectivity index (χ3n) is 3.81. The summed E-state index contributed by atoms with van der Waals surface area (Å²) in [6, 6.07) is 7.24. The van der Waals surface area contributed by atoms with Crippen molar-refractivity contribution in [2.75, 3.05) is 19.7 Å². The average Bonchev–Trinajstić information content (AvgIpc) is 2.46. The van der Waals surface area contributed by atoms with Crippen molar-refractivity contribution in [2.45, 2.75) is 39.0 Å². The van der Waals surface area contributed by atoms with E-state index in [0.717, 1.165) is 25.8 Å². The minimum atomic E-state index is -0.00654. The van der Waals surface area contributed by atoms with Gasteiger partial charge in [0.15, 0.2) is 5.78 Å². The molecule has 21 heavy (non-hydrogen) atoms. The second kappa shape index (κ2) is 7.81. The second-order valence-corrected chi connectivity index (χ2v) is 5.45. The van der Waals surface area contributed by atoms with E-state index < -0.39 is 0 Å². The van der Waals surface area contributed by atoms with Crippen LogP contribution in [0.25, 0.3) is 0 Å². The summed E-state index contributed by atoms with van der Waals surface area (Å²) in [6.45, 7) is 3.36. The Kier molecular flexibility index (Phi) is 5.78. The van der Waals surface area contributed by atoms with E-state index in [0.29, 0.717) is 30.9 Å². The summed E-state index contributed by atoms with van der Waals surface area (Å²) in [7, 11) is 0. The lowest BCUT2D eigenvalue weighted by molar-refractivity contribution is -0.132. The number of amides is 1. The highest BCUT2D eigenvalue weighted by atomic mass is 16.5. The molecule has 2 rings (SSSR count). The minimum Gasteiger partial charge on any atom is -0.491 e. The molecule has 1 aromatic carbocycles. The predicted molar refractivity (Wildman–Crippen MR) is 81.6 cm³/mol. The van der Waals surface area contributed by atoms with Crippen LogP contribution in [0.3, 0.4) is 0 Å². The molecule has 0 unspecified atom stereocenters. The standard InChI is InChI=1S/C17H23NO3/c1-14(19)15-8-5-6-9-16(15)21-13-12-18-11-7-3-2-4-10-17(18)20/h5-6,8-9H,2-4,7,10-13H2,1H3. The van der Waals surface area contributed by atoms with Crippen LogP contribution in [-0.4, -0.2) is 36.3 Å². The number of likely N-dealkylation sites (tertiary alicyclic amines) is 1. The average molecular weight is 289 g/mol. The van der Waals surface area contributed by atoms with Gasteiger partial charge in [-0.05, 0) is 31.9 Å². The van der Waals surface area contributed by atoms with E-state index in [1.165, 1.54) is 13.3 Å². The Hall–Kier alpha value is -1.84. The van der Waals surface area contributed by atoms with Crippen molar-refractivity contribution in [1.29, 1.82) is 0 Å². The molecule has 1 aliphatic rings. The van der Waals surface area contributed by atoms with Crippen LogP contribution in [0, 0.1) is 0 Å². The molecule has 1 aliphatic heterocycles. The van der Waals surface area contributed by atoms with Crippen LogP contribution in [0.5, 0.6) is 5.75 Å². The van der Waals surface area contributed by atoms with Crippen LogP contribution in [0.1, 0.15) is 49.4 Å². The first-order valence-corrected chi connectivity index (χ1v) is 7.69. The van der Waals surface area contributed by atoms with Crippen LogP contribution in [-0.2, 0) is 4.79 Å². The monoisotopic (exact) mass is 289 g/mol. The molecule has 1 aromatic rings. The maximum atomic E-state index is 12.0. The number of benzene rings is 1. The third-order valence-corrected chi connectivity index (χ3v) is 3.81. The van der Waals surface area contributed by atoms with Crippen molar-refractivity contribution in [3.8, 4) is 5.75 Å². The van der Waals surface area contributed by atoms with Gasteiger partial charge in [0.25, 0.3) is 0 Å². The van der Waals surface area contributed by atoms with E-state index in [1.54, 1.807) is 12.1 Å². The van der Waals surface area contributed by atoms with Crippen molar-refractivity contribution in [1.82, 2.24) is 4.90 Å². The number of carbonyl (C=O) groups excluding carboxylic acids is 2. The molecule has 4 heteroatoms. The summed E-state index contributed by atoms with van der Waals surface area (Å²) in [5.74, 6) is 0.815. The molecular formula is C17H23NO3. The highest BCUT2D eigenvalue weighted by Gasteiger charge is 2.15. The van der Waals surface area contributed by atoms with Gasteiger partial charge in [-0.3, -0.25) is 9.59 Å². The minimum absolute atomic E-state index is 0.00654. The Morgan fingerprint density at radius 1 is 1.19 bits per heavy atom. The first-order valence-electron chi connectivity index (χ1n) is 7.69. The van der Waals surface area contributed by atoms with E-state index in [1.807, 2.05) is 17.0 Å². The smallest absolute Gasteiger partial charge is 0.222 e. The molecule has 1 heterocycles. The number of Topliss-reactive ketones (excluding diaryl/α,β-unsaturated/α-hetero) is 1. The number of ketones is 1. The molecule has 1 amide bonds. The third kappa shape index (κ3) is 4.59. The van der Waals surface area contributed by atoms with Crippen LogP contribution < -0.4 is 4.74 Å². The van der Waals surface area contributed by atoms with E-state index in [9.17, 15) is 9.59 Å². The van der Waals surface area contributed by atoms with E-state index in [4.69, 9.17) is 4.74 Å². The zero-order valence-electron chi connectivity index (χ0n) is 12.6. The van der Waals surface area contributed by atoms with E-state index in [-0.39, 0.29) is 11.7 Å². The summed E-state index contributed by atoms with van der Waals surface area (Å²) in [5.41, 5.74) is 0.594. The Morgan fingerprint density at radius 3 is 2.76 bits per heavy atom. The zero-order chi connectivity index (χ0) is 15.1. The maximum Gasteiger partial charge on any atom is 0.222 e. The van der Waals surface area contributed by atoms with Crippen molar-refractivity contribution in [3.05, 3.63) is 29.8 Å². The van der Waals surface area contributed by atoms with Crippen molar-refractivity contribution >= 4 is 11.7 Å². The van der Waals surface area contributed by atoms with Crippen LogP contribution in [0.4, 0.5) is 0 Å². The lowest BCUT2D eigenvalue weighted by atomic mass is 10.1. The lowest BCUT2D eigenvalue weighted by Crippen LogP contribution is -2.36. The number of hydrogen-bond acceptors (Lipinski definition) is 3. The SMILES string of the molecule is CC(=O)c1ccccc1OCCN1CCCCCCC1=O. The fraction of sp³-hybridized carbons (Fsp3) is 0.529. The Balaban J connectivity index is 1.88. The number of nitrogens with zero attached hydrogens (tertiary/aromatic N) is 1. The fourth-order valence-electron chi connectivity index (χ4n) is 2.60. The summed E-state index contributed by atoms with van der Waals surface area (Å²) in [6.07, 6.45) is 5.04. The van der Waals surface area contributed by atoms with E-state index in [2.05, 4.69) is 0 Å². The molecule has 0 aromatic heterocycles. The Morgan fingerprint density at radius 2 is 1.95 bits per heavy atom. The van der Waals surface area contributed by atoms with Gasteiger partial charge in [0.2, 0.25) is 5.91 Å². The van der Waals surface area contributed by atoms with Gasteiger partial charge in [-0.2, -0.15) is 0 Å². The van der Waals surface area contributed by atoms with Gasteiger partial charge in [-0.25, -0.2) is 0 Å². The molecule has 0 bridgehead atoms. The first-order chi connectivity index (χ1) is 10.2. The summed E-state index contributed by atoms with van der Waals surface area (Å²) < 4.78 is 5.71. The van der Waals surface area contributed by atoms with Gasteiger partial charge in [0, 0.05) is 13.0 Å². The maximum absolute atomic E-state index is 12.0. The topological polar surface area (TPSA) is 46.6 Å². The molecule has 4 nitrogen and oxygen atoms in total. The molecule has 1 fully saturated rings. The van der Waals surface area contributed by atoms with Gasteiger partial charge < -0.3 is 9.64 Å². The van der Waals surface area contributed by atoms with Crippen molar-refractivity contribution in [2.24, 2.45) is 0 Å². The molecular weight excluding hydrogens is 266 g/mol. The summed E-state index contributed by atoms with van der Waals surface area (Å²) in [4.78, 5) is 25.4. The molecule has 114 valence electrons. The highest BCUT2D eigenvalue weighted by Crippen LogP contribution is 2.18. The van der Waals surface area contributed by atoms with Gasteiger partial charge in [0.05, 0.1) is 12.1 Å². The normalized spacial score (nSPS) is 16.2. The van der Waals surface area contributed by atoms with Crippen LogP contribution in [0.2, 0.25) is 0 Å². The fourth-order valence-corrected chi connectivity index (χ4v) is 2.60. The summed E-state index contributed by atoms with van der Waals surface area (Å²) in [5, 5.41) is 0. The molecule has 0 spiro atoms. The van der Waals surface area contributed by atoms with Crippen molar-refractivity contribution < 1.29 is 14.3 Å². The lowest BCUT2D eigenvalue weighted by Gasteiger charge is -2.25. The van der Waals surface area contributed by atoms with Gasteiger partial charge in [-0.15, -0.1) is 0 Å². The molecule has 0 atom stereocenters. The Labute approximate surface area is 126 Å². The number of carbonyl (C=O) groups is 2. The quantitative estimate of drug-likeness (QED) is 0.783. The van der Waals surface area contributed by atoms with Gasteiger partial charge in [-0.1, -0.05) is 25.0 Å². The summed E-state index contributed by atoms with van der Waals surface area (Å²) >= 11 is 0. The number of hydrogen-bond donors (Lipinski definition) is 0. The van der Waals surface area contributed by atoms with Crippen LogP contribution in [0.15, 0.2) is 24.3 Å². The van der Waals surface area contributed by atoms with Gasteiger partial charge >= 0.3 is 0 Å². The molecule has 0 aliphatic carbocycles. The Bertz CT molecular complexity index is 499. The molecule has 0 radical (unpaired) electrons. The number of ether oxygens (including phenoxy) is 1. The second-order valence-electron chi connectivity index (χ2n) is 5.45. The molecule has 0 saturated carbocycles. The highest BCUT2D eigenvalue weighted by molar-refractivity contribution is 5.96. The predicted octanol–water partition coefficient (Wildman–Crippen LogP) is 3.06. The van der Waals surface area contributed by atoms with Crippen molar-refractivity contribution in [3.63, 3.8) is 0 Å². The van der Waals surface area contributed by atoms with Crippen LogP contribution >= 0.6 is 0 Å². The molecule has 1 saturated heterocycles. The largest absolute Gasteiger partial charge is 0.491 e. The zero-order valence-corrected chi connectivity index (χ0v) is 12.6. The van der Waals surface area contributed by atoms with E-state index >= 15 is 0 Å². The number of para-hydroxylation sites is 1. The van der Waals surface area contributed by atoms with Gasteiger partial charge in [0.1, 0.15) is 12.4 Å².